The fourth-order valence-electron chi connectivity index (χ4n) is 2.15. The molecule has 0 aliphatic carbocycles. The highest BCUT2D eigenvalue weighted by Gasteiger charge is 2.08. The van der Waals surface area contributed by atoms with Crippen LogP contribution in [0.4, 0.5) is 5.82 Å². The van der Waals surface area contributed by atoms with Crippen LogP contribution in [0, 0.1) is 11.3 Å². The molecule has 0 aliphatic rings. The molecule has 2 N–H and O–H groups in total. The maximum atomic E-state index is 11.8. The molecule has 0 radical (unpaired) electrons. The highest BCUT2D eigenvalue weighted by Crippen LogP contribution is 2.18. The molecule has 2 heterocycles. The summed E-state index contributed by atoms with van der Waals surface area (Å²) in [4.78, 5) is 20.0. The van der Waals surface area contributed by atoms with Crippen molar-refractivity contribution in [3.05, 3.63) is 46.6 Å². The number of thioether (sulfide) groups is 1. The molecule has 0 unspecified atom stereocenters. The molecule has 7 nitrogen and oxygen atoms in total. The van der Waals surface area contributed by atoms with E-state index in [9.17, 15) is 4.79 Å². The van der Waals surface area contributed by atoms with Crippen molar-refractivity contribution in [3.63, 3.8) is 0 Å². The van der Waals surface area contributed by atoms with Crippen LogP contribution in [0.1, 0.15) is 12.0 Å². The first-order valence-corrected chi connectivity index (χ1v) is 7.91. The molecular weight excluding hydrogens is 314 g/mol. The standard InChI is InChI=1S/C15H13N5O2S/c16-8-10-9-18-14(19-13(10)17)23-7-3-6-20-11-4-1-2-5-12(11)22-15(20)21/h1-2,4-5,9H,3,6-7H2,(H2,17,18,19). The molecule has 0 atom stereocenters. The molecule has 0 spiro atoms. The Morgan fingerprint density at radius 1 is 1.39 bits per heavy atom. The summed E-state index contributed by atoms with van der Waals surface area (Å²) in [6.45, 7) is 0.550. The van der Waals surface area contributed by atoms with Gasteiger partial charge in [0.25, 0.3) is 0 Å². The van der Waals surface area contributed by atoms with Crippen molar-refractivity contribution in [1.29, 1.82) is 5.26 Å². The predicted octanol–water partition coefficient (Wildman–Crippen LogP) is 2.02. The smallest absolute Gasteiger partial charge is 0.408 e. The lowest BCUT2D eigenvalue weighted by Gasteiger charge is -2.03. The number of hydrogen-bond acceptors (Lipinski definition) is 7. The van der Waals surface area contributed by atoms with E-state index < -0.39 is 0 Å². The molecule has 8 heteroatoms. The minimum atomic E-state index is -0.352. The molecule has 3 rings (SSSR count). The van der Waals surface area contributed by atoms with Gasteiger partial charge in [-0.3, -0.25) is 4.57 Å². The Hall–Kier alpha value is -2.79. The van der Waals surface area contributed by atoms with E-state index in [1.807, 2.05) is 24.3 Å². The van der Waals surface area contributed by atoms with Crippen molar-refractivity contribution in [3.8, 4) is 6.07 Å². The third-order valence-corrected chi connectivity index (χ3v) is 4.20. The first-order valence-electron chi connectivity index (χ1n) is 6.93. The van der Waals surface area contributed by atoms with E-state index in [0.717, 1.165) is 17.7 Å². The number of para-hydroxylation sites is 2. The first-order chi connectivity index (χ1) is 11.2. The number of benzene rings is 1. The summed E-state index contributed by atoms with van der Waals surface area (Å²) in [7, 11) is 0. The summed E-state index contributed by atoms with van der Waals surface area (Å²) in [5.74, 6) is 0.550. The molecule has 0 saturated carbocycles. The minimum Gasteiger partial charge on any atom is -0.408 e. The zero-order valence-corrected chi connectivity index (χ0v) is 12.9. The third kappa shape index (κ3) is 3.19. The summed E-state index contributed by atoms with van der Waals surface area (Å²) in [5, 5.41) is 9.30. The number of nitriles is 1. The van der Waals surface area contributed by atoms with E-state index >= 15 is 0 Å². The van der Waals surface area contributed by atoms with Gasteiger partial charge < -0.3 is 10.2 Å². The first kappa shape index (κ1) is 15.1. The Kier molecular flexibility index (Phi) is 4.30. The van der Waals surface area contributed by atoms with Gasteiger partial charge in [-0.25, -0.2) is 14.8 Å². The van der Waals surface area contributed by atoms with E-state index in [0.29, 0.717) is 17.3 Å². The van der Waals surface area contributed by atoms with Crippen LogP contribution in [-0.4, -0.2) is 20.3 Å². The number of hydrogen-bond donors (Lipinski definition) is 1. The molecule has 0 saturated heterocycles. The molecule has 0 aliphatic heterocycles. The summed E-state index contributed by atoms with van der Waals surface area (Å²) in [6.07, 6.45) is 2.16. The zero-order valence-electron chi connectivity index (χ0n) is 12.1. The van der Waals surface area contributed by atoms with Crippen LogP contribution in [-0.2, 0) is 6.54 Å². The lowest BCUT2D eigenvalue weighted by molar-refractivity contribution is 0.503. The molecule has 0 bridgehead atoms. The second-order valence-corrected chi connectivity index (χ2v) is 5.81. The SMILES string of the molecule is N#Cc1cnc(SCCCn2c(=O)oc3ccccc32)nc1N. The molecule has 116 valence electrons. The highest BCUT2D eigenvalue weighted by molar-refractivity contribution is 7.99. The summed E-state index contributed by atoms with van der Waals surface area (Å²) >= 11 is 1.43. The Morgan fingerprint density at radius 3 is 3.00 bits per heavy atom. The van der Waals surface area contributed by atoms with E-state index in [1.165, 1.54) is 18.0 Å². The van der Waals surface area contributed by atoms with E-state index in [2.05, 4.69) is 9.97 Å². The summed E-state index contributed by atoms with van der Waals surface area (Å²) in [6, 6.07) is 9.26. The van der Waals surface area contributed by atoms with Crippen LogP contribution in [0.2, 0.25) is 0 Å². The Labute approximate surface area is 135 Å². The number of nitrogen functional groups attached to an aromatic ring is 1. The Balaban J connectivity index is 1.61. The molecule has 1 aromatic carbocycles. The summed E-state index contributed by atoms with van der Waals surface area (Å²) < 4.78 is 6.80. The third-order valence-electron chi connectivity index (χ3n) is 3.25. The highest BCUT2D eigenvalue weighted by atomic mass is 32.2. The van der Waals surface area contributed by atoms with Crippen molar-refractivity contribution in [1.82, 2.24) is 14.5 Å². The molecule has 0 amide bonds. The molecule has 2 aromatic heterocycles. The average Bonchev–Trinajstić information content (AvgIpc) is 2.87. The van der Waals surface area contributed by atoms with Gasteiger partial charge in [-0.15, -0.1) is 0 Å². The quantitative estimate of drug-likeness (QED) is 0.433. The monoisotopic (exact) mass is 327 g/mol. The van der Waals surface area contributed by atoms with Crippen LogP contribution in [0.5, 0.6) is 0 Å². The van der Waals surface area contributed by atoms with Crippen molar-refractivity contribution in [2.45, 2.75) is 18.1 Å². The maximum absolute atomic E-state index is 11.8. The normalized spacial score (nSPS) is 10.7. The summed E-state index contributed by atoms with van der Waals surface area (Å²) in [5.41, 5.74) is 7.30. The molecule has 3 aromatic rings. The fourth-order valence-corrected chi connectivity index (χ4v) is 2.89. The van der Waals surface area contributed by atoms with Crippen LogP contribution in [0.3, 0.4) is 0 Å². The van der Waals surface area contributed by atoms with Crippen molar-refractivity contribution in [2.75, 3.05) is 11.5 Å². The number of fused-ring (bicyclic) bond motifs is 1. The van der Waals surface area contributed by atoms with Crippen LogP contribution in [0.25, 0.3) is 11.1 Å². The van der Waals surface area contributed by atoms with Crippen LogP contribution >= 0.6 is 11.8 Å². The molecule has 0 fully saturated rings. The van der Waals surface area contributed by atoms with E-state index in [-0.39, 0.29) is 17.1 Å². The van der Waals surface area contributed by atoms with Crippen LogP contribution in [0.15, 0.2) is 44.8 Å². The van der Waals surface area contributed by atoms with Crippen LogP contribution < -0.4 is 11.5 Å². The van der Waals surface area contributed by atoms with Gasteiger partial charge in [0.15, 0.2) is 10.7 Å². The van der Waals surface area contributed by atoms with Gasteiger partial charge in [0, 0.05) is 12.3 Å². The molecular formula is C15H13N5O2S. The number of aromatic nitrogens is 3. The average molecular weight is 327 g/mol. The maximum Gasteiger partial charge on any atom is 0.419 e. The number of nitrogens with zero attached hydrogens (tertiary/aromatic N) is 4. The predicted molar refractivity (Wildman–Crippen MR) is 87.0 cm³/mol. The molecule has 23 heavy (non-hydrogen) atoms. The number of nitrogens with two attached hydrogens (primary N) is 1. The topological polar surface area (TPSA) is 111 Å². The van der Waals surface area contributed by atoms with Gasteiger partial charge in [0.05, 0.1) is 11.7 Å². The largest absolute Gasteiger partial charge is 0.419 e. The lowest BCUT2D eigenvalue weighted by atomic mass is 10.3. The number of oxazole rings is 1. The number of rotatable bonds is 5. The van der Waals surface area contributed by atoms with Gasteiger partial charge in [0.2, 0.25) is 0 Å². The second-order valence-electron chi connectivity index (χ2n) is 4.75. The van der Waals surface area contributed by atoms with Gasteiger partial charge >= 0.3 is 5.76 Å². The van der Waals surface area contributed by atoms with Gasteiger partial charge in [-0.05, 0) is 18.6 Å². The van der Waals surface area contributed by atoms with Crippen molar-refractivity contribution < 1.29 is 4.42 Å². The van der Waals surface area contributed by atoms with E-state index in [4.69, 9.17) is 15.4 Å². The second kappa shape index (κ2) is 6.54. The Bertz CT molecular complexity index is 941. The minimum absolute atomic E-state index is 0.182. The van der Waals surface area contributed by atoms with E-state index in [1.54, 1.807) is 10.6 Å². The van der Waals surface area contributed by atoms with Crippen molar-refractivity contribution in [2.24, 2.45) is 0 Å². The number of anilines is 1. The van der Waals surface area contributed by atoms with Gasteiger partial charge in [0.1, 0.15) is 17.5 Å². The lowest BCUT2D eigenvalue weighted by Crippen LogP contribution is -2.14. The van der Waals surface area contributed by atoms with Gasteiger partial charge in [-0.1, -0.05) is 23.9 Å². The Morgan fingerprint density at radius 2 is 2.22 bits per heavy atom. The number of aryl methyl sites for hydroxylation is 1. The van der Waals surface area contributed by atoms with Gasteiger partial charge in [-0.2, -0.15) is 5.26 Å². The fraction of sp³-hybridized carbons (Fsp3) is 0.200. The zero-order chi connectivity index (χ0) is 16.2. The van der Waals surface area contributed by atoms with Crippen molar-refractivity contribution >= 4 is 28.7 Å².